The summed E-state index contributed by atoms with van der Waals surface area (Å²) >= 11 is 13.4. The van der Waals surface area contributed by atoms with Crippen LogP contribution in [0.5, 0.6) is 0 Å². The lowest BCUT2D eigenvalue weighted by molar-refractivity contribution is -0.143. The number of carbonyl (C=O) groups excluding carboxylic acids is 2. The van der Waals surface area contributed by atoms with Crippen molar-refractivity contribution in [2.75, 3.05) is 49.9 Å². The maximum atomic E-state index is 13.5. The number of hydrogen-bond donors (Lipinski definition) is 2. The lowest BCUT2D eigenvalue weighted by Gasteiger charge is -2.47. The number of benzene rings is 4. The average Bonchev–Trinajstić information content (AvgIpc) is 3.21. The number of halogens is 2. The number of rotatable bonds is 10. The van der Waals surface area contributed by atoms with Crippen molar-refractivity contribution in [1.82, 2.24) is 9.80 Å². The second-order valence-electron chi connectivity index (χ2n) is 16.0. The summed E-state index contributed by atoms with van der Waals surface area (Å²) in [6.45, 7) is 5.97. The lowest BCUT2D eigenvalue weighted by Crippen LogP contribution is -2.54. The molecule has 0 spiro atoms. The molecular weight excluding hydrogens is 750 g/mol. The van der Waals surface area contributed by atoms with E-state index in [0.717, 1.165) is 67.4 Å². The molecule has 2 aliphatic heterocycles. The maximum absolute atomic E-state index is 13.5. The van der Waals surface area contributed by atoms with Gasteiger partial charge in [0.05, 0.1) is 11.3 Å². The SMILES string of the molecule is Clc1ccc(C2(CN3CCC[C@@H](CNc4ccccc4)C3)CCC2)cc1.O=C(Nc1ccccc1)[C@@H]1CCCN(C(=O)C2(c3ccc(Cl)cc3)CCC2)C1.[CH3][AlH2]. The van der Waals surface area contributed by atoms with Gasteiger partial charge in [-0.3, -0.25) is 9.59 Å². The van der Waals surface area contributed by atoms with Crippen LogP contribution in [0.3, 0.4) is 0 Å². The fourth-order valence-corrected chi connectivity index (χ4v) is 9.27. The highest BCUT2D eigenvalue weighted by Gasteiger charge is 2.48. The predicted octanol–water partition coefficient (Wildman–Crippen LogP) is 9.89. The van der Waals surface area contributed by atoms with Crippen molar-refractivity contribution in [3.05, 3.63) is 130 Å². The number of piperidine rings is 2. The molecule has 0 radical (unpaired) electrons. The van der Waals surface area contributed by atoms with Gasteiger partial charge in [-0.2, -0.15) is 0 Å². The fourth-order valence-electron chi connectivity index (χ4n) is 9.02. The van der Waals surface area contributed by atoms with E-state index < -0.39 is 5.41 Å². The first-order valence-electron chi connectivity index (χ1n) is 21.0. The molecule has 6 nitrogen and oxygen atoms in total. The van der Waals surface area contributed by atoms with E-state index in [2.05, 4.69) is 75.9 Å². The average molecular weight is 810 g/mol. The molecule has 2 saturated carbocycles. The predicted molar refractivity (Wildman–Crippen MR) is 237 cm³/mol. The summed E-state index contributed by atoms with van der Waals surface area (Å²) in [6.07, 6.45) is 11.1. The van der Waals surface area contributed by atoms with Gasteiger partial charge in [0.2, 0.25) is 28.1 Å². The Labute approximate surface area is 353 Å². The van der Waals surface area contributed by atoms with Crippen LogP contribution in [0.4, 0.5) is 11.4 Å². The van der Waals surface area contributed by atoms with E-state index in [4.69, 9.17) is 23.2 Å². The standard InChI is InChI=1S/C23H25ClN2O2.C23H29ClN2.CH3.Al.2H/c24-19-11-9-18(10-12-19)23(13-5-14-23)22(28)26-15-4-6-17(16-26)21(27)25-20-7-2-1-3-8-20;24-21-11-9-20(10-12-21)23(13-5-14-23)18-26-15-4-6-19(17-26)16-25-22-7-2-1-3-8-22;;;;/h1-3,7-12,17H,4-6,13-16H2,(H,25,27);1-3,7-12,19,25H,4-6,13-18H2;1H3;;;/t17-;19-;;;;/m10..../s1. The fraction of sp³-hybridized carbons (Fsp3) is 0.447. The summed E-state index contributed by atoms with van der Waals surface area (Å²) in [5.74, 6) is 2.88. The lowest BCUT2D eigenvalue weighted by atomic mass is 9.63. The number of carbonyl (C=O) groups is 2. The van der Waals surface area contributed by atoms with Gasteiger partial charge in [0, 0.05) is 59.6 Å². The Balaban J connectivity index is 0.000000182. The van der Waals surface area contributed by atoms with Gasteiger partial charge in [-0.15, -0.1) is 5.79 Å². The molecule has 4 fully saturated rings. The smallest absolute Gasteiger partial charge is 0.233 e. The van der Waals surface area contributed by atoms with Crippen molar-refractivity contribution < 1.29 is 9.59 Å². The third-order valence-electron chi connectivity index (χ3n) is 12.4. The second kappa shape index (κ2) is 20.4. The number of amides is 2. The van der Waals surface area contributed by atoms with E-state index in [9.17, 15) is 9.59 Å². The van der Waals surface area contributed by atoms with E-state index in [1.54, 1.807) is 0 Å². The molecule has 4 aromatic carbocycles. The largest absolute Gasteiger partial charge is 0.385 e. The Kier molecular flexibility index (Phi) is 15.4. The quantitative estimate of drug-likeness (QED) is 0.157. The molecule has 2 amide bonds. The summed E-state index contributed by atoms with van der Waals surface area (Å²) in [7, 11) is 0. The van der Waals surface area contributed by atoms with Crippen molar-refractivity contribution in [2.45, 2.75) is 80.8 Å². The van der Waals surface area contributed by atoms with Gasteiger partial charge < -0.3 is 20.4 Å². The van der Waals surface area contributed by atoms with Crippen LogP contribution < -0.4 is 10.6 Å². The van der Waals surface area contributed by atoms with E-state index in [1.165, 1.54) is 79.3 Å². The second-order valence-corrected chi connectivity index (χ2v) is 16.9. The van der Waals surface area contributed by atoms with Crippen LogP contribution in [0.1, 0.15) is 75.3 Å². The monoisotopic (exact) mass is 808 g/mol. The molecule has 2 atom stereocenters. The van der Waals surface area contributed by atoms with Crippen molar-refractivity contribution in [3.8, 4) is 0 Å². The third-order valence-corrected chi connectivity index (χ3v) is 12.9. The van der Waals surface area contributed by atoms with E-state index in [0.29, 0.717) is 17.0 Å². The summed E-state index contributed by atoms with van der Waals surface area (Å²) in [6, 6.07) is 36.4. The molecule has 2 N–H and O–H groups in total. The molecule has 2 saturated heterocycles. The van der Waals surface area contributed by atoms with Crippen molar-refractivity contribution in [3.63, 3.8) is 0 Å². The summed E-state index contributed by atoms with van der Waals surface area (Å²) < 4.78 is 0. The minimum Gasteiger partial charge on any atom is -0.385 e. The summed E-state index contributed by atoms with van der Waals surface area (Å²) in [5.41, 5.74) is 4.48. The molecule has 56 heavy (non-hydrogen) atoms. The Morgan fingerprint density at radius 3 is 1.82 bits per heavy atom. The van der Waals surface area contributed by atoms with Gasteiger partial charge in [-0.05, 0) is 123 Å². The number of hydrogen-bond acceptors (Lipinski definition) is 4. The molecule has 0 unspecified atom stereocenters. The van der Waals surface area contributed by atoms with E-state index >= 15 is 0 Å². The molecule has 8 rings (SSSR count). The maximum Gasteiger partial charge on any atom is 0.233 e. The third kappa shape index (κ3) is 10.6. The van der Waals surface area contributed by atoms with E-state index in [-0.39, 0.29) is 17.7 Å². The van der Waals surface area contributed by atoms with Crippen LogP contribution in [0.25, 0.3) is 0 Å². The summed E-state index contributed by atoms with van der Waals surface area (Å²) in [5, 5.41) is 8.13. The highest BCUT2D eigenvalue weighted by molar-refractivity contribution is 6.30. The molecule has 9 heteroatoms. The van der Waals surface area contributed by atoms with Crippen LogP contribution in [0.2, 0.25) is 15.8 Å². The van der Waals surface area contributed by atoms with Crippen molar-refractivity contribution >= 4 is 62.7 Å². The van der Waals surface area contributed by atoms with Crippen molar-refractivity contribution in [2.24, 2.45) is 11.8 Å². The summed E-state index contributed by atoms with van der Waals surface area (Å²) in [4.78, 5) is 30.8. The van der Waals surface area contributed by atoms with Gasteiger partial charge in [0.1, 0.15) is 0 Å². The van der Waals surface area contributed by atoms with Gasteiger partial charge in [-0.25, -0.2) is 0 Å². The highest BCUT2D eigenvalue weighted by Crippen LogP contribution is 2.47. The van der Waals surface area contributed by atoms with Crippen LogP contribution in [-0.2, 0) is 20.4 Å². The van der Waals surface area contributed by atoms with Crippen molar-refractivity contribution in [1.29, 1.82) is 0 Å². The first-order chi connectivity index (χ1) is 27.3. The zero-order valence-corrected chi connectivity index (χ0v) is 36.8. The molecule has 0 aromatic heterocycles. The topological polar surface area (TPSA) is 64.7 Å². The van der Waals surface area contributed by atoms with Crippen LogP contribution >= 0.6 is 23.2 Å². The van der Waals surface area contributed by atoms with Crippen LogP contribution in [-0.4, -0.2) is 77.2 Å². The Morgan fingerprint density at radius 2 is 1.25 bits per heavy atom. The normalized spacial score (nSPS) is 21.0. The highest BCUT2D eigenvalue weighted by atomic mass is 35.5. The number of para-hydroxylation sites is 2. The number of anilines is 2. The first-order valence-corrected chi connectivity index (χ1v) is 23.8. The molecule has 4 aromatic rings. The van der Waals surface area contributed by atoms with Gasteiger partial charge >= 0.3 is 0 Å². The van der Waals surface area contributed by atoms with Crippen LogP contribution in [0, 0.1) is 11.8 Å². The van der Waals surface area contributed by atoms with Gasteiger partial charge in [-0.1, -0.05) is 96.7 Å². The molecular formula is C47H59AlCl2N4O2. The number of likely N-dealkylation sites (tertiary alicyclic amines) is 2. The Bertz CT molecular complexity index is 1820. The number of nitrogens with zero attached hydrogens (tertiary/aromatic N) is 2. The Morgan fingerprint density at radius 1 is 0.679 bits per heavy atom. The molecule has 2 heterocycles. The molecule has 296 valence electrons. The first kappa shape index (κ1) is 42.3. The minimum atomic E-state index is -0.442. The van der Waals surface area contributed by atoms with Gasteiger partial charge in [0.25, 0.3) is 0 Å². The van der Waals surface area contributed by atoms with Gasteiger partial charge in [0.15, 0.2) is 0 Å². The van der Waals surface area contributed by atoms with E-state index in [1.807, 2.05) is 59.5 Å². The molecule has 0 bridgehead atoms. The zero-order valence-electron chi connectivity index (χ0n) is 33.3. The number of nitrogens with one attached hydrogen (secondary N) is 2. The molecule has 2 aliphatic carbocycles. The minimum absolute atomic E-state index is 0.00199. The Hall–Kier alpha value is -3.31. The van der Waals surface area contributed by atoms with Crippen LogP contribution in [0.15, 0.2) is 109 Å². The zero-order chi connectivity index (χ0) is 39.4. The molecule has 4 aliphatic rings.